The third-order valence-electron chi connectivity index (χ3n) is 7.25. The van der Waals surface area contributed by atoms with Crippen LogP contribution in [0.15, 0.2) is 50.5 Å². The van der Waals surface area contributed by atoms with Gasteiger partial charge in [0.05, 0.1) is 35.0 Å². The Labute approximate surface area is 218 Å². The van der Waals surface area contributed by atoms with E-state index in [2.05, 4.69) is 24.8 Å². The van der Waals surface area contributed by atoms with Crippen LogP contribution in [0.25, 0.3) is 22.7 Å². The predicted molar refractivity (Wildman–Crippen MR) is 138 cm³/mol. The Morgan fingerprint density at radius 2 is 1.97 bits per heavy atom. The van der Waals surface area contributed by atoms with Crippen molar-refractivity contribution in [3.8, 4) is 28.6 Å². The number of hydrogen-bond acceptors (Lipinski definition) is 9. The standard InChI is InChI=1S/C25H27FN6O5S/c1-24(14-38(35,27-2)25(8-4-5-9-25)22(31-24)30-23(33)34)16-10-15(6-7-17(16)26)20-11-18(32-37-20)19-12-29-21(36-3)13-28-19/h6-7,10-13H,4-5,8-9,14H2,1-3H3,(H,30,31)(H,33,34)/t24-,38+/m0/s1. The van der Waals surface area contributed by atoms with Crippen molar-refractivity contribution in [3.63, 3.8) is 0 Å². The summed E-state index contributed by atoms with van der Waals surface area (Å²) in [6.07, 6.45) is 4.18. The lowest BCUT2D eigenvalue weighted by Gasteiger charge is -2.43. The lowest BCUT2D eigenvalue weighted by atomic mass is 9.91. The fraction of sp³-hybridized carbons (Fsp3) is 0.400. The summed E-state index contributed by atoms with van der Waals surface area (Å²) in [6.45, 7) is 1.64. The van der Waals surface area contributed by atoms with Crippen LogP contribution < -0.4 is 10.1 Å². The Kier molecular flexibility index (Phi) is 6.41. The number of nitrogens with zero attached hydrogens (tertiary/aromatic N) is 5. The molecular weight excluding hydrogens is 515 g/mol. The number of aliphatic imine (C=N–C) groups is 1. The van der Waals surface area contributed by atoms with E-state index in [1.54, 1.807) is 19.1 Å². The molecule has 0 bridgehead atoms. The number of methoxy groups -OCH3 is 1. The zero-order chi connectivity index (χ0) is 27.1. The van der Waals surface area contributed by atoms with Crippen LogP contribution in [-0.2, 0) is 15.3 Å². The summed E-state index contributed by atoms with van der Waals surface area (Å²) in [5.74, 6) is 0.158. The average Bonchev–Trinajstić information content (AvgIpc) is 3.59. The molecule has 1 aromatic carbocycles. The van der Waals surface area contributed by atoms with E-state index < -0.39 is 31.9 Å². The van der Waals surface area contributed by atoms with Gasteiger partial charge in [0.15, 0.2) is 5.76 Å². The lowest BCUT2D eigenvalue weighted by Crippen LogP contribution is -2.59. The van der Waals surface area contributed by atoms with E-state index in [0.29, 0.717) is 41.4 Å². The Hall–Kier alpha value is -3.87. The molecule has 11 nitrogen and oxygen atoms in total. The maximum Gasteiger partial charge on any atom is 0.410 e. The Morgan fingerprint density at radius 1 is 1.21 bits per heavy atom. The van der Waals surface area contributed by atoms with Gasteiger partial charge in [0, 0.05) is 24.2 Å². The molecule has 1 aliphatic heterocycles. The van der Waals surface area contributed by atoms with E-state index in [4.69, 9.17) is 14.3 Å². The molecule has 5 rings (SSSR count). The number of benzene rings is 1. The van der Waals surface area contributed by atoms with E-state index >= 15 is 4.39 Å². The van der Waals surface area contributed by atoms with Gasteiger partial charge in [0.25, 0.3) is 0 Å². The van der Waals surface area contributed by atoms with Crippen molar-refractivity contribution in [1.29, 1.82) is 0 Å². The van der Waals surface area contributed by atoms with Gasteiger partial charge < -0.3 is 14.4 Å². The third kappa shape index (κ3) is 4.20. The fourth-order valence-corrected chi connectivity index (χ4v) is 8.41. The number of aromatic nitrogens is 3. The van der Waals surface area contributed by atoms with Crippen molar-refractivity contribution in [3.05, 3.63) is 48.0 Å². The maximum absolute atomic E-state index is 15.4. The zero-order valence-electron chi connectivity index (χ0n) is 21.1. The number of amidine groups is 1. The minimum absolute atomic E-state index is 0.0508. The molecule has 3 heterocycles. The maximum atomic E-state index is 15.4. The van der Waals surface area contributed by atoms with Gasteiger partial charge in [-0.05, 0) is 38.0 Å². The highest BCUT2D eigenvalue weighted by Crippen LogP contribution is 2.47. The number of carbonyl (C=O) groups is 1. The topological polar surface area (TPSA) is 152 Å². The zero-order valence-corrected chi connectivity index (χ0v) is 21.9. The molecule has 0 radical (unpaired) electrons. The summed E-state index contributed by atoms with van der Waals surface area (Å²) >= 11 is 0. The van der Waals surface area contributed by atoms with Crippen LogP contribution in [-0.4, -0.2) is 61.0 Å². The van der Waals surface area contributed by atoms with E-state index in [0.717, 1.165) is 12.8 Å². The van der Waals surface area contributed by atoms with Gasteiger partial charge in [-0.2, -0.15) is 0 Å². The number of hydrogen-bond donors (Lipinski definition) is 2. The molecule has 1 amide bonds. The van der Waals surface area contributed by atoms with Crippen molar-refractivity contribution < 1.29 is 27.8 Å². The first-order chi connectivity index (χ1) is 18.1. The van der Waals surface area contributed by atoms with Crippen LogP contribution in [0.2, 0.25) is 0 Å². The van der Waals surface area contributed by atoms with Crippen molar-refractivity contribution in [1.82, 2.24) is 20.4 Å². The molecule has 13 heteroatoms. The van der Waals surface area contributed by atoms with E-state index in [1.807, 2.05) is 0 Å². The number of nitrogens with one attached hydrogen (secondary N) is 1. The summed E-state index contributed by atoms with van der Waals surface area (Å²) < 4.78 is 43.5. The van der Waals surface area contributed by atoms with Gasteiger partial charge in [0.2, 0.25) is 5.88 Å². The highest BCUT2D eigenvalue weighted by Gasteiger charge is 2.55. The molecule has 2 atom stereocenters. The molecule has 1 fully saturated rings. The molecule has 2 aliphatic rings. The second-order valence-electron chi connectivity index (χ2n) is 9.55. The first-order valence-corrected chi connectivity index (χ1v) is 13.7. The molecule has 2 N–H and O–H groups in total. The molecule has 0 unspecified atom stereocenters. The van der Waals surface area contributed by atoms with Gasteiger partial charge in [-0.1, -0.05) is 18.0 Å². The van der Waals surface area contributed by atoms with Crippen LogP contribution >= 0.6 is 0 Å². The van der Waals surface area contributed by atoms with Gasteiger partial charge in [-0.3, -0.25) is 10.3 Å². The lowest BCUT2D eigenvalue weighted by molar-refractivity contribution is 0.199. The van der Waals surface area contributed by atoms with Crippen LogP contribution in [0.5, 0.6) is 5.88 Å². The molecular formula is C25H27FN6O5S. The quantitative estimate of drug-likeness (QED) is 0.496. The summed E-state index contributed by atoms with van der Waals surface area (Å²) in [5.41, 5.74) is 0.180. The van der Waals surface area contributed by atoms with Gasteiger partial charge in [0.1, 0.15) is 33.3 Å². The second-order valence-corrected chi connectivity index (χ2v) is 12.3. The van der Waals surface area contributed by atoms with Crippen molar-refractivity contribution in [2.75, 3.05) is 19.9 Å². The van der Waals surface area contributed by atoms with E-state index in [1.165, 1.54) is 38.7 Å². The predicted octanol–water partition coefficient (Wildman–Crippen LogP) is 4.25. The number of rotatable bonds is 4. The monoisotopic (exact) mass is 542 g/mol. The van der Waals surface area contributed by atoms with Crippen LogP contribution in [0.3, 0.4) is 0 Å². The largest absolute Gasteiger partial charge is 0.480 e. The van der Waals surface area contributed by atoms with E-state index in [9.17, 15) is 14.1 Å². The second kappa shape index (κ2) is 9.46. The molecule has 1 saturated carbocycles. The highest BCUT2D eigenvalue weighted by atomic mass is 32.2. The summed E-state index contributed by atoms with van der Waals surface area (Å²) in [5, 5.41) is 16.0. The molecule has 1 spiro atoms. The minimum atomic E-state index is -3.01. The van der Waals surface area contributed by atoms with Crippen molar-refractivity contribution in [2.24, 2.45) is 9.36 Å². The SMILES string of the molecule is CN=[S@@]1(=O)C[C@@](C)(c2cc(-c3cc(-c4cnc(OC)cn4)no3)ccc2F)N=C(NC(=O)O)C12CCCC2. The van der Waals surface area contributed by atoms with Crippen LogP contribution in [0, 0.1) is 5.82 Å². The van der Waals surface area contributed by atoms with Crippen molar-refractivity contribution >= 4 is 21.7 Å². The minimum Gasteiger partial charge on any atom is -0.480 e. The molecule has 0 saturated heterocycles. The number of carboxylic acid groups (broad SMARTS) is 1. The van der Waals surface area contributed by atoms with Gasteiger partial charge in [-0.25, -0.2) is 27.7 Å². The smallest absolute Gasteiger partial charge is 0.410 e. The third-order valence-corrected chi connectivity index (χ3v) is 10.6. The van der Waals surface area contributed by atoms with Crippen LogP contribution in [0.4, 0.5) is 9.18 Å². The number of halogens is 1. The summed E-state index contributed by atoms with van der Waals surface area (Å²) in [4.78, 5) is 24.8. The average molecular weight is 543 g/mol. The molecule has 38 heavy (non-hydrogen) atoms. The normalized spacial score (nSPS) is 24.2. The number of amides is 1. The Balaban J connectivity index is 1.58. The van der Waals surface area contributed by atoms with Crippen LogP contribution in [0.1, 0.15) is 38.2 Å². The van der Waals surface area contributed by atoms with Crippen molar-refractivity contribution in [2.45, 2.75) is 42.9 Å². The van der Waals surface area contributed by atoms with Gasteiger partial charge in [-0.15, -0.1) is 0 Å². The highest BCUT2D eigenvalue weighted by molar-refractivity contribution is 7.95. The molecule has 3 aromatic rings. The molecule has 200 valence electrons. The summed E-state index contributed by atoms with van der Waals surface area (Å²) in [6, 6.07) is 6.02. The van der Waals surface area contributed by atoms with E-state index in [-0.39, 0.29) is 17.2 Å². The first-order valence-electron chi connectivity index (χ1n) is 12.0. The first kappa shape index (κ1) is 25.8. The Morgan fingerprint density at radius 3 is 2.61 bits per heavy atom. The Bertz CT molecular complexity index is 1540. The molecule has 2 aromatic heterocycles. The van der Waals surface area contributed by atoms with Gasteiger partial charge >= 0.3 is 6.09 Å². The molecule has 1 aliphatic carbocycles. The number of ether oxygens (including phenoxy) is 1. The summed E-state index contributed by atoms with van der Waals surface area (Å²) in [7, 11) is -0.0523. The fourth-order valence-electron chi connectivity index (χ4n) is 5.35.